The molecule has 0 bridgehead atoms. The Balaban J connectivity index is 1.58. The number of rotatable bonds is 5. The lowest BCUT2D eigenvalue weighted by Crippen LogP contribution is -2.45. The molecule has 2 aromatic rings. The number of carbonyl (C=O) groups is 2. The Kier molecular flexibility index (Phi) is 6.74. The number of benzene rings is 2. The molecule has 0 unspecified atom stereocenters. The molecular weight excluding hydrogens is 372 g/mol. The summed E-state index contributed by atoms with van der Waals surface area (Å²) in [5.74, 6) is 0.467. The van der Waals surface area contributed by atoms with Gasteiger partial charge in [0.1, 0.15) is 6.54 Å². The van der Waals surface area contributed by atoms with E-state index in [1.165, 1.54) is 12.5 Å². The molecule has 5 heteroatoms. The molecule has 0 aliphatic carbocycles. The van der Waals surface area contributed by atoms with E-state index < -0.39 is 0 Å². The molecular formula is C23H27ClN2O2. The molecule has 3 rings (SSSR count). The summed E-state index contributed by atoms with van der Waals surface area (Å²) in [4.78, 5) is 28.4. The van der Waals surface area contributed by atoms with Crippen LogP contribution in [0.3, 0.4) is 0 Å². The number of hydrogen-bond donors (Lipinski definition) is 0. The zero-order valence-corrected chi connectivity index (χ0v) is 17.3. The van der Waals surface area contributed by atoms with Crippen LogP contribution in [0.25, 0.3) is 0 Å². The largest absolute Gasteiger partial charge is 0.341 e. The standard InChI is InChI=1S/C23H27ClN2O2/c1-17-14-21(24)8-9-22(17)26(18(2)27)16-23(28)25-12-10-20(11-13-25)15-19-6-4-3-5-7-19/h3-9,14,20H,10-13,15-16H2,1-2H3. The Bertz CT molecular complexity index is 830. The maximum Gasteiger partial charge on any atom is 0.242 e. The monoisotopic (exact) mass is 398 g/mol. The molecule has 2 aromatic carbocycles. The van der Waals surface area contributed by atoms with Crippen molar-refractivity contribution in [3.63, 3.8) is 0 Å². The SMILES string of the molecule is CC(=O)N(CC(=O)N1CCC(Cc2ccccc2)CC1)c1ccc(Cl)cc1C. The van der Waals surface area contributed by atoms with E-state index in [0.29, 0.717) is 10.9 Å². The zero-order chi connectivity index (χ0) is 20.1. The minimum atomic E-state index is -0.141. The fourth-order valence-corrected chi connectivity index (χ4v) is 4.08. The fraction of sp³-hybridized carbons (Fsp3) is 0.391. The van der Waals surface area contributed by atoms with Crippen molar-refractivity contribution in [2.24, 2.45) is 5.92 Å². The van der Waals surface area contributed by atoms with Gasteiger partial charge in [-0.2, -0.15) is 0 Å². The fourth-order valence-electron chi connectivity index (χ4n) is 3.86. The first-order chi connectivity index (χ1) is 13.4. The van der Waals surface area contributed by atoms with Gasteiger partial charge in [0.2, 0.25) is 11.8 Å². The summed E-state index contributed by atoms with van der Waals surface area (Å²) >= 11 is 6.02. The number of piperidine rings is 1. The lowest BCUT2D eigenvalue weighted by molar-refractivity contribution is -0.132. The average molecular weight is 399 g/mol. The van der Waals surface area contributed by atoms with Crippen molar-refractivity contribution in [2.45, 2.75) is 33.1 Å². The number of carbonyl (C=O) groups excluding carboxylic acids is 2. The Morgan fingerprint density at radius 3 is 2.39 bits per heavy atom. The normalized spacial score (nSPS) is 14.8. The van der Waals surface area contributed by atoms with Crippen molar-refractivity contribution in [1.82, 2.24) is 4.90 Å². The highest BCUT2D eigenvalue weighted by atomic mass is 35.5. The molecule has 1 heterocycles. The Labute approximate surface area is 172 Å². The minimum Gasteiger partial charge on any atom is -0.341 e. The Morgan fingerprint density at radius 1 is 1.11 bits per heavy atom. The van der Waals surface area contributed by atoms with Crippen LogP contribution in [-0.2, 0) is 16.0 Å². The molecule has 1 aliphatic heterocycles. The van der Waals surface area contributed by atoms with Gasteiger partial charge in [-0.05, 0) is 61.4 Å². The molecule has 1 aliphatic rings. The van der Waals surface area contributed by atoms with E-state index in [4.69, 9.17) is 11.6 Å². The van der Waals surface area contributed by atoms with E-state index in [1.807, 2.05) is 24.0 Å². The van der Waals surface area contributed by atoms with E-state index in [-0.39, 0.29) is 18.4 Å². The highest BCUT2D eigenvalue weighted by molar-refractivity contribution is 6.30. The summed E-state index contributed by atoms with van der Waals surface area (Å²) in [5.41, 5.74) is 2.98. The second-order valence-electron chi connectivity index (χ2n) is 7.55. The van der Waals surface area contributed by atoms with E-state index in [2.05, 4.69) is 24.3 Å². The van der Waals surface area contributed by atoms with Gasteiger partial charge in [0.15, 0.2) is 0 Å². The minimum absolute atomic E-state index is 0.00251. The topological polar surface area (TPSA) is 40.6 Å². The number of anilines is 1. The van der Waals surface area contributed by atoms with Gasteiger partial charge in [-0.15, -0.1) is 0 Å². The highest BCUT2D eigenvalue weighted by Gasteiger charge is 2.26. The molecule has 0 radical (unpaired) electrons. The third kappa shape index (κ3) is 5.14. The number of nitrogens with zero attached hydrogens (tertiary/aromatic N) is 2. The van der Waals surface area contributed by atoms with Crippen molar-refractivity contribution >= 4 is 29.1 Å². The Morgan fingerprint density at radius 2 is 1.79 bits per heavy atom. The number of hydrogen-bond acceptors (Lipinski definition) is 2. The average Bonchev–Trinajstić information content (AvgIpc) is 2.68. The molecule has 0 aromatic heterocycles. The van der Waals surface area contributed by atoms with Gasteiger partial charge in [0.05, 0.1) is 0 Å². The van der Waals surface area contributed by atoms with Crippen LogP contribution in [0.15, 0.2) is 48.5 Å². The van der Waals surface area contributed by atoms with Crippen LogP contribution in [0.4, 0.5) is 5.69 Å². The number of halogens is 1. The molecule has 1 saturated heterocycles. The maximum absolute atomic E-state index is 12.8. The van der Waals surface area contributed by atoms with Gasteiger partial charge >= 0.3 is 0 Å². The summed E-state index contributed by atoms with van der Waals surface area (Å²) in [6.45, 7) is 4.97. The molecule has 2 amide bonds. The van der Waals surface area contributed by atoms with E-state index in [9.17, 15) is 9.59 Å². The molecule has 0 N–H and O–H groups in total. The molecule has 4 nitrogen and oxygen atoms in total. The van der Waals surface area contributed by atoms with Gasteiger partial charge in [-0.25, -0.2) is 0 Å². The first kappa shape index (κ1) is 20.4. The first-order valence-corrected chi connectivity index (χ1v) is 10.2. The zero-order valence-electron chi connectivity index (χ0n) is 16.5. The van der Waals surface area contributed by atoms with Gasteiger partial charge < -0.3 is 9.80 Å². The van der Waals surface area contributed by atoms with E-state index >= 15 is 0 Å². The maximum atomic E-state index is 12.8. The number of likely N-dealkylation sites (tertiary alicyclic amines) is 1. The second-order valence-corrected chi connectivity index (χ2v) is 7.99. The molecule has 0 spiro atoms. The molecule has 1 fully saturated rings. The first-order valence-electron chi connectivity index (χ1n) is 9.80. The number of aryl methyl sites for hydroxylation is 1. The molecule has 0 atom stereocenters. The van der Waals surface area contributed by atoms with Crippen LogP contribution in [0.2, 0.25) is 5.02 Å². The quantitative estimate of drug-likeness (QED) is 0.744. The van der Waals surface area contributed by atoms with Gasteiger partial charge in [0.25, 0.3) is 0 Å². The highest BCUT2D eigenvalue weighted by Crippen LogP contribution is 2.25. The third-order valence-corrected chi connectivity index (χ3v) is 5.69. The van der Waals surface area contributed by atoms with Gasteiger partial charge in [-0.3, -0.25) is 9.59 Å². The van der Waals surface area contributed by atoms with Crippen molar-refractivity contribution < 1.29 is 9.59 Å². The summed E-state index contributed by atoms with van der Waals surface area (Å²) < 4.78 is 0. The predicted molar refractivity (Wildman–Crippen MR) is 114 cm³/mol. The molecule has 148 valence electrons. The van der Waals surface area contributed by atoms with Crippen LogP contribution < -0.4 is 4.90 Å². The molecule has 0 saturated carbocycles. The summed E-state index contributed by atoms with van der Waals surface area (Å²) in [6.07, 6.45) is 3.06. The summed E-state index contributed by atoms with van der Waals surface area (Å²) in [5, 5.41) is 0.622. The third-order valence-electron chi connectivity index (χ3n) is 5.46. The van der Waals surface area contributed by atoms with Crippen LogP contribution in [0.1, 0.15) is 30.9 Å². The molecule has 28 heavy (non-hydrogen) atoms. The summed E-state index contributed by atoms with van der Waals surface area (Å²) in [6, 6.07) is 15.9. The summed E-state index contributed by atoms with van der Waals surface area (Å²) in [7, 11) is 0. The van der Waals surface area contributed by atoms with Crippen molar-refractivity contribution in [3.8, 4) is 0 Å². The van der Waals surface area contributed by atoms with Crippen LogP contribution in [0.5, 0.6) is 0 Å². The van der Waals surface area contributed by atoms with Crippen molar-refractivity contribution in [3.05, 3.63) is 64.7 Å². The van der Waals surface area contributed by atoms with Crippen molar-refractivity contribution in [2.75, 3.05) is 24.5 Å². The number of amides is 2. The second kappa shape index (κ2) is 9.24. The van der Waals surface area contributed by atoms with Crippen molar-refractivity contribution in [1.29, 1.82) is 0 Å². The lowest BCUT2D eigenvalue weighted by Gasteiger charge is -2.34. The van der Waals surface area contributed by atoms with Crippen LogP contribution in [0, 0.1) is 12.8 Å². The smallest absolute Gasteiger partial charge is 0.242 e. The van der Waals surface area contributed by atoms with Gasteiger partial charge in [0, 0.05) is 30.7 Å². The van der Waals surface area contributed by atoms with E-state index in [1.54, 1.807) is 17.0 Å². The van der Waals surface area contributed by atoms with Crippen LogP contribution in [-0.4, -0.2) is 36.3 Å². The predicted octanol–water partition coefficient (Wildman–Crippen LogP) is 4.48. The lowest BCUT2D eigenvalue weighted by atomic mass is 9.90. The van der Waals surface area contributed by atoms with Crippen LogP contribution >= 0.6 is 11.6 Å². The Hall–Kier alpha value is -2.33. The van der Waals surface area contributed by atoms with E-state index in [0.717, 1.165) is 43.6 Å². The van der Waals surface area contributed by atoms with Gasteiger partial charge in [-0.1, -0.05) is 41.9 Å².